The monoisotopic (exact) mass is 224 g/mol. The van der Waals surface area contributed by atoms with Crippen LogP contribution in [0.25, 0.3) is 0 Å². The van der Waals surface area contributed by atoms with Crippen LogP contribution in [0.5, 0.6) is 0 Å². The number of carbonyl (C=O) groups is 1. The Kier molecular flexibility index (Phi) is 5.83. The zero-order valence-electron chi connectivity index (χ0n) is 9.83. The van der Waals surface area contributed by atoms with Gasteiger partial charge in [0.05, 0.1) is 18.5 Å². The van der Waals surface area contributed by atoms with Gasteiger partial charge >= 0.3 is 0 Å². The van der Waals surface area contributed by atoms with Crippen LogP contribution in [0.1, 0.15) is 13.3 Å². The van der Waals surface area contributed by atoms with Crippen molar-refractivity contribution in [2.24, 2.45) is 5.92 Å². The van der Waals surface area contributed by atoms with Gasteiger partial charge in [-0.1, -0.05) is 0 Å². The Labute approximate surface area is 96.8 Å². The highest BCUT2D eigenvalue weighted by Crippen LogP contribution is 1.95. The molecule has 0 aromatic rings. The molecule has 1 unspecified atom stereocenters. The first-order valence-electron chi connectivity index (χ1n) is 5.81. The first-order chi connectivity index (χ1) is 7.72. The molecule has 1 rings (SSSR count). The highest BCUT2D eigenvalue weighted by atomic mass is 16.2. The molecule has 1 amide bonds. The molecule has 1 fully saturated rings. The van der Waals surface area contributed by atoms with Crippen molar-refractivity contribution in [3.63, 3.8) is 0 Å². The minimum atomic E-state index is -0.116. The summed E-state index contributed by atoms with van der Waals surface area (Å²) < 4.78 is 0. The molecule has 1 aliphatic rings. The van der Waals surface area contributed by atoms with E-state index in [2.05, 4.69) is 21.6 Å². The van der Waals surface area contributed by atoms with Gasteiger partial charge in [0.25, 0.3) is 0 Å². The van der Waals surface area contributed by atoms with Crippen molar-refractivity contribution in [1.29, 1.82) is 5.26 Å². The Morgan fingerprint density at radius 2 is 2.38 bits per heavy atom. The summed E-state index contributed by atoms with van der Waals surface area (Å²) in [4.78, 5) is 13.7. The first-order valence-corrected chi connectivity index (χ1v) is 5.81. The molecule has 90 valence electrons. The number of rotatable bonds is 4. The zero-order valence-corrected chi connectivity index (χ0v) is 9.83. The lowest BCUT2D eigenvalue weighted by Crippen LogP contribution is -2.40. The summed E-state index contributed by atoms with van der Waals surface area (Å²) in [5.41, 5.74) is 0. The highest BCUT2D eigenvalue weighted by molar-refractivity contribution is 5.78. The summed E-state index contributed by atoms with van der Waals surface area (Å²) in [5.74, 6) is -0.0984. The number of nitriles is 1. The van der Waals surface area contributed by atoms with Crippen molar-refractivity contribution in [1.82, 2.24) is 15.5 Å². The highest BCUT2D eigenvalue weighted by Gasteiger charge is 2.12. The first kappa shape index (κ1) is 12.9. The second-order valence-corrected chi connectivity index (χ2v) is 4.21. The van der Waals surface area contributed by atoms with E-state index in [0.29, 0.717) is 13.1 Å². The summed E-state index contributed by atoms with van der Waals surface area (Å²) >= 11 is 0. The van der Waals surface area contributed by atoms with Crippen LogP contribution in [0.2, 0.25) is 0 Å². The molecular weight excluding hydrogens is 204 g/mol. The van der Waals surface area contributed by atoms with E-state index < -0.39 is 0 Å². The van der Waals surface area contributed by atoms with Crippen molar-refractivity contribution >= 4 is 5.91 Å². The maximum Gasteiger partial charge on any atom is 0.234 e. The lowest BCUT2D eigenvalue weighted by atomic mass is 10.2. The molecule has 0 bridgehead atoms. The van der Waals surface area contributed by atoms with Crippen molar-refractivity contribution in [3.8, 4) is 6.07 Å². The summed E-state index contributed by atoms with van der Waals surface area (Å²) in [6.45, 7) is 6.55. The van der Waals surface area contributed by atoms with E-state index in [4.69, 9.17) is 5.26 Å². The Hall–Kier alpha value is -1.12. The van der Waals surface area contributed by atoms with Gasteiger partial charge in [0.2, 0.25) is 5.91 Å². The fourth-order valence-corrected chi connectivity index (χ4v) is 1.63. The van der Waals surface area contributed by atoms with E-state index in [1.165, 1.54) is 0 Å². The third-order valence-electron chi connectivity index (χ3n) is 2.63. The minimum absolute atomic E-state index is 0.0176. The summed E-state index contributed by atoms with van der Waals surface area (Å²) in [6.07, 6.45) is 1.09. The van der Waals surface area contributed by atoms with Crippen LogP contribution in [0, 0.1) is 17.2 Å². The number of hydrogen-bond acceptors (Lipinski definition) is 4. The van der Waals surface area contributed by atoms with E-state index in [1.807, 2.05) is 0 Å². The van der Waals surface area contributed by atoms with Crippen molar-refractivity contribution in [2.45, 2.75) is 13.3 Å². The maximum atomic E-state index is 11.6. The van der Waals surface area contributed by atoms with E-state index in [-0.39, 0.29) is 11.8 Å². The van der Waals surface area contributed by atoms with Gasteiger partial charge in [0.15, 0.2) is 0 Å². The average Bonchev–Trinajstić information content (AvgIpc) is 2.54. The quantitative estimate of drug-likeness (QED) is 0.679. The van der Waals surface area contributed by atoms with Crippen molar-refractivity contribution in [2.75, 3.05) is 39.3 Å². The van der Waals surface area contributed by atoms with Crippen LogP contribution in [-0.2, 0) is 4.79 Å². The molecule has 1 aliphatic heterocycles. The predicted molar refractivity (Wildman–Crippen MR) is 61.7 cm³/mol. The molecule has 0 saturated carbocycles. The smallest absolute Gasteiger partial charge is 0.234 e. The minimum Gasteiger partial charge on any atom is -0.354 e. The molecule has 1 saturated heterocycles. The topological polar surface area (TPSA) is 68.2 Å². The maximum absolute atomic E-state index is 11.6. The Balaban J connectivity index is 2.20. The Bertz CT molecular complexity index is 253. The van der Waals surface area contributed by atoms with Gasteiger partial charge in [-0.15, -0.1) is 0 Å². The van der Waals surface area contributed by atoms with Gasteiger partial charge in [-0.05, 0) is 26.4 Å². The summed E-state index contributed by atoms with van der Waals surface area (Å²) in [7, 11) is 0. The lowest BCUT2D eigenvalue weighted by molar-refractivity contribution is -0.122. The van der Waals surface area contributed by atoms with Crippen LogP contribution in [0.3, 0.4) is 0 Å². The van der Waals surface area contributed by atoms with Crippen LogP contribution >= 0.6 is 0 Å². The SMILES string of the molecule is CC(C#N)CNC(=O)CN1CCCNCC1. The Morgan fingerprint density at radius 1 is 1.56 bits per heavy atom. The fraction of sp³-hybridized carbons (Fsp3) is 0.818. The molecule has 0 aromatic carbocycles. The average molecular weight is 224 g/mol. The molecule has 1 heterocycles. The third kappa shape index (κ3) is 5.10. The van der Waals surface area contributed by atoms with Gasteiger partial charge in [0, 0.05) is 19.6 Å². The van der Waals surface area contributed by atoms with E-state index >= 15 is 0 Å². The zero-order chi connectivity index (χ0) is 11.8. The van der Waals surface area contributed by atoms with Crippen LogP contribution in [0.4, 0.5) is 0 Å². The second-order valence-electron chi connectivity index (χ2n) is 4.21. The van der Waals surface area contributed by atoms with Crippen LogP contribution in [-0.4, -0.2) is 50.1 Å². The number of carbonyl (C=O) groups excluding carboxylic acids is 1. The molecule has 0 spiro atoms. The molecule has 1 atom stereocenters. The Morgan fingerprint density at radius 3 is 3.12 bits per heavy atom. The molecule has 0 aromatic heterocycles. The van der Waals surface area contributed by atoms with Gasteiger partial charge in [-0.25, -0.2) is 0 Å². The van der Waals surface area contributed by atoms with Crippen LogP contribution < -0.4 is 10.6 Å². The van der Waals surface area contributed by atoms with Gasteiger partial charge < -0.3 is 10.6 Å². The number of amides is 1. The third-order valence-corrected chi connectivity index (χ3v) is 2.63. The largest absolute Gasteiger partial charge is 0.354 e. The van der Waals surface area contributed by atoms with Gasteiger partial charge in [-0.2, -0.15) is 5.26 Å². The predicted octanol–water partition coefficient (Wildman–Crippen LogP) is -0.442. The lowest BCUT2D eigenvalue weighted by Gasteiger charge is -2.18. The normalized spacial score (nSPS) is 19.5. The summed E-state index contributed by atoms with van der Waals surface area (Å²) in [6, 6.07) is 2.10. The van der Waals surface area contributed by atoms with E-state index in [9.17, 15) is 4.79 Å². The van der Waals surface area contributed by atoms with Gasteiger partial charge in [-0.3, -0.25) is 9.69 Å². The molecule has 16 heavy (non-hydrogen) atoms. The molecular formula is C11H20N4O. The van der Waals surface area contributed by atoms with E-state index in [0.717, 1.165) is 32.6 Å². The second kappa shape index (κ2) is 7.20. The van der Waals surface area contributed by atoms with Crippen molar-refractivity contribution in [3.05, 3.63) is 0 Å². The van der Waals surface area contributed by atoms with Crippen LogP contribution in [0.15, 0.2) is 0 Å². The number of nitrogens with zero attached hydrogens (tertiary/aromatic N) is 2. The molecule has 5 heteroatoms. The molecule has 2 N–H and O–H groups in total. The molecule has 0 aliphatic carbocycles. The standard InChI is InChI=1S/C11H20N4O/c1-10(7-12)8-14-11(16)9-15-5-2-3-13-4-6-15/h10,13H,2-6,8-9H2,1H3,(H,14,16). The molecule has 5 nitrogen and oxygen atoms in total. The molecule has 0 radical (unpaired) electrons. The van der Waals surface area contributed by atoms with Gasteiger partial charge in [0.1, 0.15) is 0 Å². The van der Waals surface area contributed by atoms with E-state index in [1.54, 1.807) is 6.92 Å². The summed E-state index contributed by atoms with van der Waals surface area (Å²) in [5, 5.41) is 14.7. The number of nitrogens with one attached hydrogen (secondary N) is 2. The number of hydrogen-bond donors (Lipinski definition) is 2. The fourth-order valence-electron chi connectivity index (χ4n) is 1.63. The van der Waals surface area contributed by atoms with Crippen molar-refractivity contribution < 1.29 is 4.79 Å².